The SMILES string of the molecule is N#C[SH+]C(c1ccccc1)c1cccc2ccccc12. The van der Waals surface area contributed by atoms with Gasteiger partial charge in [0.25, 0.3) is 0 Å². The van der Waals surface area contributed by atoms with Crippen LogP contribution in [-0.4, -0.2) is 0 Å². The monoisotopic (exact) mass is 276 g/mol. The minimum absolute atomic E-state index is 0.104. The normalized spacial score (nSPS) is 11.9. The lowest BCUT2D eigenvalue weighted by Gasteiger charge is -2.11. The molecule has 0 radical (unpaired) electrons. The molecule has 1 atom stereocenters. The van der Waals surface area contributed by atoms with Crippen molar-refractivity contribution < 1.29 is 0 Å². The number of hydrogen-bond donors (Lipinski definition) is 0. The maximum Gasteiger partial charge on any atom is 0.317 e. The number of thiocyanates is 1. The van der Waals surface area contributed by atoms with Crippen molar-refractivity contribution in [1.82, 2.24) is 0 Å². The average molecular weight is 276 g/mol. The van der Waals surface area contributed by atoms with Gasteiger partial charge in [-0.25, -0.2) is 0 Å². The fourth-order valence-corrected chi connectivity index (χ4v) is 3.31. The number of rotatable bonds is 3. The molecule has 0 fully saturated rings. The quantitative estimate of drug-likeness (QED) is 0.399. The maximum absolute atomic E-state index is 9.17. The summed E-state index contributed by atoms with van der Waals surface area (Å²) in [5.74, 6) is 0. The van der Waals surface area contributed by atoms with Crippen LogP contribution >= 0.6 is 0 Å². The summed E-state index contributed by atoms with van der Waals surface area (Å²) >= 11 is 0.766. The predicted molar refractivity (Wildman–Crippen MR) is 86.6 cm³/mol. The third kappa shape index (κ3) is 2.41. The van der Waals surface area contributed by atoms with Crippen LogP contribution < -0.4 is 0 Å². The summed E-state index contributed by atoms with van der Waals surface area (Å²) in [7, 11) is 0. The molecule has 0 N–H and O–H groups in total. The molecule has 0 bridgehead atoms. The van der Waals surface area contributed by atoms with Crippen LogP contribution in [0, 0.1) is 10.7 Å². The average Bonchev–Trinajstić information content (AvgIpc) is 2.53. The molecular formula is C18H14NS+. The van der Waals surface area contributed by atoms with Crippen LogP contribution in [0.3, 0.4) is 0 Å². The molecule has 0 aliphatic carbocycles. The zero-order chi connectivity index (χ0) is 13.8. The van der Waals surface area contributed by atoms with Gasteiger partial charge in [-0.3, -0.25) is 0 Å². The smallest absolute Gasteiger partial charge is 0.136 e. The van der Waals surface area contributed by atoms with Crippen molar-refractivity contribution in [2.75, 3.05) is 0 Å². The summed E-state index contributed by atoms with van der Waals surface area (Å²) in [6.07, 6.45) is 0. The Balaban J connectivity index is 2.18. The molecule has 1 unspecified atom stereocenters. The van der Waals surface area contributed by atoms with Gasteiger partial charge < -0.3 is 0 Å². The first-order valence-corrected chi connectivity index (χ1v) is 7.48. The number of nitriles is 1. The molecule has 0 saturated heterocycles. The number of nitrogens with zero attached hydrogens (tertiary/aromatic N) is 1. The van der Waals surface area contributed by atoms with Gasteiger partial charge in [0.2, 0.25) is 0 Å². The van der Waals surface area contributed by atoms with Crippen molar-refractivity contribution in [2.45, 2.75) is 5.25 Å². The molecule has 0 heterocycles. The lowest BCUT2D eigenvalue weighted by Crippen LogP contribution is -2.02. The fourth-order valence-electron chi connectivity index (χ4n) is 2.51. The largest absolute Gasteiger partial charge is 0.317 e. The zero-order valence-electron chi connectivity index (χ0n) is 10.9. The maximum atomic E-state index is 9.17. The highest BCUT2D eigenvalue weighted by Crippen LogP contribution is 2.31. The van der Waals surface area contributed by atoms with E-state index in [1.807, 2.05) is 24.3 Å². The van der Waals surface area contributed by atoms with Crippen LogP contribution in [0.1, 0.15) is 16.4 Å². The highest BCUT2D eigenvalue weighted by molar-refractivity contribution is 7.83. The van der Waals surface area contributed by atoms with Crippen molar-refractivity contribution in [1.29, 1.82) is 5.26 Å². The van der Waals surface area contributed by atoms with Crippen LogP contribution in [0.5, 0.6) is 0 Å². The minimum Gasteiger partial charge on any atom is -0.136 e. The Bertz CT molecular complexity index is 754. The third-order valence-corrected chi connectivity index (χ3v) is 4.37. The van der Waals surface area contributed by atoms with Crippen LogP contribution in [0.15, 0.2) is 72.8 Å². The zero-order valence-corrected chi connectivity index (χ0v) is 11.8. The standard InChI is InChI=1S/C18H13NS/c19-13-20-18(15-8-2-1-3-9-15)17-12-6-10-14-7-4-5-11-16(14)17/h1-12,18H/p+1. The molecule has 0 amide bonds. The molecule has 3 aromatic carbocycles. The van der Waals surface area contributed by atoms with Crippen LogP contribution in [0.25, 0.3) is 10.8 Å². The number of thiol groups is 1. The third-order valence-electron chi connectivity index (χ3n) is 3.42. The summed E-state index contributed by atoms with van der Waals surface area (Å²) < 4.78 is 0. The van der Waals surface area contributed by atoms with Gasteiger partial charge in [-0.1, -0.05) is 72.8 Å². The molecule has 20 heavy (non-hydrogen) atoms. The van der Waals surface area contributed by atoms with Gasteiger partial charge in [0.1, 0.15) is 0 Å². The summed E-state index contributed by atoms with van der Waals surface area (Å²) in [4.78, 5) is 0. The van der Waals surface area contributed by atoms with E-state index in [2.05, 4.69) is 53.9 Å². The topological polar surface area (TPSA) is 23.8 Å². The lowest BCUT2D eigenvalue weighted by molar-refractivity contribution is 1.18. The Labute approximate surface area is 122 Å². The first-order chi connectivity index (χ1) is 9.90. The van der Waals surface area contributed by atoms with E-state index in [9.17, 15) is 0 Å². The number of fused-ring (bicyclic) bond motifs is 1. The molecule has 1 nitrogen and oxygen atoms in total. The van der Waals surface area contributed by atoms with Gasteiger partial charge in [0.05, 0.1) is 11.8 Å². The Morgan fingerprint density at radius 3 is 2.30 bits per heavy atom. The van der Waals surface area contributed by atoms with Crippen molar-refractivity contribution in [3.05, 3.63) is 83.9 Å². The lowest BCUT2D eigenvalue weighted by atomic mass is 9.98. The summed E-state index contributed by atoms with van der Waals surface area (Å²) in [5.41, 5.74) is 2.41. The first kappa shape index (κ1) is 12.8. The van der Waals surface area contributed by atoms with E-state index in [-0.39, 0.29) is 5.25 Å². The Morgan fingerprint density at radius 1 is 0.800 bits per heavy atom. The minimum atomic E-state index is 0.104. The van der Waals surface area contributed by atoms with E-state index in [0.717, 1.165) is 11.8 Å². The second-order valence-electron chi connectivity index (χ2n) is 4.61. The fraction of sp³-hybridized carbons (Fsp3) is 0.0556. The Kier molecular flexibility index (Phi) is 3.71. The van der Waals surface area contributed by atoms with Crippen LogP contribution in [0.4, 0.5) is 0 Å². The van der Waals surface area contributed by atoms with E-state index >= 15 is 0 Å². The van der Waals surface area contributed by atoms with E-state index in [1.165, 1.54) is 21.9 Å². The molecule has 0 spiro atoms. The van der Waals surface area contributed by atoms with Gasteiger partial charge >= 0.3 is 5.40 Å². The Morgan fingerprint density at radius 2 is 1.50 bits per heavy atom. The van der Waals surface area contributed by atoms with Crippen molar-refractivity contribution in [3.8, 4) is 5.40 Å². The summed E-state index contributed by atoms with van der Waals surface area (Å²) in [6.45, 7) is 0. The molecule has 0 aliphatic heterocycles. The second-order valence-corrected chi connectivity index (χ2v) is 5.59. The molecule has 0 aliphatic rings. The van der Waals surface area contributed by atoms with Gasteiger partial charge in [-0.15, -0.1) is 5.26 Å². The first-order valence-electron chi connectivity index (χ1n) is 6.51. The molecule has 0 aromatic heterocycles. The summed E-state index contributed by atoms with van der Waals surface area (Å²) in [6, 6.07) is 24.9. The second kappa shape index (κ2) is 5.81. The van der Waals surface area contributed by atoms with Gasteiger partial charge in [-0.05, 0) is 10.8 Å². The molecule has 96 valence electrons. The number of hydrogen-bond acceptors (Lipinski definition) is 1. The van der Waals surface area contributed by atoms with Crippen molar-refractivity contribution >= 4 is 22.5 Å². The molecule has 3 aromatic rings. The van der Waals surface area contributed by atoms with Crippen molar-refractivity contribution in [2.24, 2.45) is 0 Å². The Hall–Kier alpha value is -2.24. The summed E-state index contributed by atoms with van der Waals surface area (Å²) in [5, 5.41) is 14.0. The van der Waals surface area contributed by atoms with Gasteiger partial charge in [0, 0.05) is 11.1 Å². The van der Waals surface area contributed by atoms with Gasteiger partial charge in [-0.2, -0.15) is 0 Å². The highest BCUT2D eigenvalue weighted by Gasteiger charge is 2.23. The van der Waals surface area contributed by atoms with Crippen LogP contribution in [-0.2, 0) is 11.8 Å². The molecular weight excluding hydrogens is 262 g/mol. The predicted octanol–water partition coefficient (Wildman–Crippen LogP) is 4.23. The van der Waals surface area contributed by atoms with E-state index in [0.29, 0.717) is 0 Å². The highest BCUT2D eigenvalue weighted by atomic mass is 32.2. The molecule has 0 saturated carbocycles. The van der Waals surface area contributed by atoms with E-state index in [1.54, 1.807) is 0 Å². The van der Waals surface area contributed by atoms with Crippen molar-refractivity contribution in [3.63, 3.8) is 0 Å². The molecule has 2 heteroatoms. The van der Waals surface area contributed by atoms with Crippen LogP contribution in [0.2, 0.25) is 0 Å². The number of benzene rings is 3. The van der Waals surface area contributed by atoms with Gasteiger partial charge in [0.15, 0.2) is 5.25 Å². The molecule has 3 rings (SSSR count). The van der Waals surface area contributed by atoms with E-state index in [4.69, 9.17) is 5.26 Å². The van der Waals surface area contributed by atoms with E-state index < -0.39 is 0 Å².